The summed E-state index contributed by atoms with van der Waals surface area (Å²) in [6.07, 6.45) is 0.274. The van der Waals surface area contributed by atoms with Crippen LogP contribution in [-0.2, 0) is 9.59 Å². The highest BCUT2D eigenvalue weighted by Crippen LogP contribution is 2.50. The lowest BCUT2D eigenvalue weighted by atomic mass is 9.82. The molecule has 0 unspecified atom stereocenters. The second kappa shape index (κ2) is 6.92. The van der Waals surface area contributed by atoms with E-state index >= 15 is 0 Å². The fourth-order valence-corrected chi connectivity index (χ4v) is 3.86. The number of aliphatic carboxylic acids is 1. The minimum Gasteiger partial charge on any atom is -0.486 e. The van der Waals surface area contributed by atoms with Crippen LogP contribution in [0.4, 0.5) is 0 Å². The predicted molar refractivity (Wildman–Crippen MR) is 102 cm³/mol. The van der Waals surface area contributed by atoms with Crippen LogP contribution in [0.1, 0.15) is 54.1 Å². The summed E-state index contributed by atoms with van der Waals surface area (Å²) in [5.41, 5.74) is 1.01. The molecule has 0 spiro atoms. The molecule has 7 nitrogen and oxygen atoms in total. The second-order valence-electron chi connectivity index (χ2n) is 7.77. The zero-order chi connectivity index (χ0) is 20.8. The normalized spacial score (nSPS) is 19.4. The van der Waals surface area contributed by atoms with E-state index in [2.05, 4.69) is 0 Å². The number of carbonyl (C=O) groups is 3. The molecule has 2 heterocycles. The maximum atomic E-state index is 12.7. The van der Waals surface area contributed by atoms with Crippen molar-refractivity contribution in [3.05, 3.63) is 53.1 Å². The molecule has 2 aromatic carbocycles. The molecule has 0 aliphatic carbocycles. The minimum atomic E-state index is -1.10. The lowest BCUT2D eigenvalue weighted by molar-refractivity contribution is -0.139. The number of para-hydroxylation sites is 1. The topological polar surface area (TPSA) is 99.1 Å². The summed E-state index contributed by atoms with van der Waals surface area (Å²) in [5, 5.41) is 8.96. The van der Waals surface area contributed by atoms with Crippen LogP contribution >= 0.6 is 0 Å². The van der Waals surface area contributed by atoms with Crippen LogP contribution in [0.25, 0.3) is 0 Å². The van der Waals surface area contributed by atoms with Crippen LogP contribution in [0, 0.1) is 0 Å². The van der Waals surface area contributed by atoms with Gasteiger partial charge in [0, 0.05) is 17.0 Å². The third-order valence-electron chi connectivity index (χ3n) is 5.01. The molecule has 0 fully saturated rings. The van der Waals surface area contributed by atoms with Crippen molar-refractivity contribution in [2.24, 2.45) is 0 Å². The molecule has 0 bridgehead atoms. The number of fused-ring (bicyclic) bond motifs is 3. The predicted octanol–water partition coefficient (Wildman–Crippen LogP) is 3.33. The van der Waals surface area contributed by atoms with Gasteiger partial charge in [0.25, 0.3) is 0 Å². The van der Waals surface area contributed by atoms with E-state index in [-0.39, 0.29) is 18.6 Å². The molecule has 2 aromatic rings. The molecule has 0 aromatic heterocycles. The zero-order valence-electron chi connectivity index (χ0n) is 16.1. The fraction of sp³-hybridized carbons (Fsp3) is 0.318. The van der Waals surface area contributed by atoms with E-state index in [0.29, 0.717) is 33.9 Å². The van der Waals surface area contributed by atoms with Gasteiger partial charge in [0.2, 0.25) is 0 Å². The van der Waals surface area contributed by atoms with Crippen LogP contribution in [0.5, 0.6) is 17.2 Å². The number of benzene rings is 2. The summed E-state index contributed by atoms with van der Waals surface area (Å²) >= 11 is 0. The summed E-state index contributed by atoms with van der Waals surface area (Å²) in [6, 6.07) is 10.2. The van der Waals surface area contributed by atoms with Gasteiger partial charge in [-0.3, -0.25) is 9.59 Å². The van der Waals surface area contributed by atoms with Crippen LogP contribution in [0.3, 0.4) is 0 Å². The molecule has 1 atom stereocenters. The fourth-order valence-electron chi connectivity index (χ4n) is 3.86. The van der Waals surface area contributed by atoms with Crippen molar-refractivity contribution in [2.45, 2.75) is 38.2 Å². The van der Waals surface area contributed by atoms with E-state index in [4.69, 9.17) is 19.3 Å². The number of ether oxygens (including phenoxy) is 3. The first-order valence-corrected chi connectivity index (χ1v) is 9.28. The number of esters is 1. The maximum Gasteiger partial charge on any atom is 0.341 e. The first kappa shape index (κ1) is 19.0. The van der Waals surface area contributed by atoms with Crippen molar-refractivity contribution >= 4 is 17.7 Å². The third kappa shape index (κ3) is 3.55. The molecule has 0 saturated heterocycles. The number of ketones is 1. The maximum absolute atomic E-state index is 12.7. The highest BCUT2D eigenvalue weighted by molar-refractivity contribution is 6.01. The van der Waals surface area contributed by atoms with Gasteiger partial charge in [0.15, 0.2) is 12.4 Å². The molecule has 4 rings (SSSR count). The Bertz CT molecular complexity index is 1020. The molecule has 1 N–H and O–H groups in total. The summed E-state index contributed by atoms with van der Waals surface area (Å²) in [5.74, 6) is -0.941. The molecule has 2 aliphatic rings. The number of carboxylic acid groups (broad SMARTS) is 1. The number of Topliss-reactive ketones (excluding diaryl/α,β-unsaturated/α-hetero) is 1. The zero-order valence-corrected chi connectivity index (χ0v) is 16.1. The highest BCUT2D eigenvalue weighted by atomic mass is 16.5. The number of carboxylic acids is 1. The van der Waals surface area contributed by atoms with E-state index in [9.17, 15) is 14.4 Å². The smallest absolute Gasteiger partial charge is 0.341 e. The van der Waals surface area contributed by atoms with Gasteiger partial charge < -0.3 is 19.3 Å². The van der Waals surface area contributed by atoms with Crippen molar-refractivity contribution in [3.8, 4) is 17.2 Å². The molecule has 0 saturated carbocycles. The minimum absolute atomic E-state index is 0.0227. The Labute approximate surface area is 167 Å². The van der Waals surface area contributed by atoms with Gasteiger partial charge in [-0.15, -0.1) is 0 Å². The van der Waals surface area contributed by atoms with Gasteiger partial charge in [-0.25, -0.2) is 4.79 Å². The summed E-state index contributed by atoms with van der Waals surface area (Å²) in [4.78, 5) is 35.9. The average Bonchev–Trinajstić information content (AvgIpc) is 2.64. The van der Waals surface area contributed by atoms with E-state index in [1.54, 1.807) is 36.4 Å². The van der Waals surface area contributed by atoms with E-state index in [1.807, 2.05) is 13.8 Å². The molecule has 0 radical (unpaired) electrons. The van der Waals surface area contributed by atoms with Crippen molar-refractivity contribution in [1.82, 2.24) is 0 Å². The molecule has 7 heteroatoms. The SMILES string of the molecule is CC1(C)CC(=O)c2ccc3c(c2O1)[C@@H](c1ccccc1OCC(=O)O)CC(=O)O3. The molecular formula is C22H20O7. The Kier molecular flexibility index (Phi) is 4.53. The number of rotatable bonds is 4. The lowest BCUT2D eigenvalue weighted by Crippen LogP contribution is -2.37. The highest BCUT2D eigenvalue weighted by Gasteiger charge is 2.40. The largest absolute Gasteiger partial charge is 0.486 e. The van der Waals surface area contributed by atoms with E-state index in [0.717, 1.165) is 0 Å². The molecule has 29 heavy (non-hydrogen) atoms. The molecule has 2 aliphatic heterocycles. The number of carbonyl (C=O) groups excluding carboxylic acids is 2. The van der Waals surface area contributed by atoms with Gasteiger partial charge in [-0.05, 0) is 32.0 Å². The molecule has 0 amide bonds. The average molecular weight is 396 g/mol. The molecular weight excluding hydrogens is 376 g/mol. The first-order valence-electron chi connectivity index (χ1n) is 9.28. The van der Waals surface area contributed by atoms with Crippen LogP contribution in [0.2, 0.25) is 0 Å². The van der Waals surface area contributed by atoms with Crippen LogP contribution < -0.4 is 14.2 Å². The van der Waals surface area contributed by atoms with Gasteiger partial charge in [0.05, 0.1) is 18.4 Å². The van der Waals surface area contributed by atoms with Crippen molar-refractivity contribution < 1.29 is 33.7 Å². The lowest BCUT2D eigenvalue weighted by Gasteiger charge is -2.36. The summed E-state index contributed by atoms with van der Waals surface area (Å²) in [7, 11) is 0. The van der Waals surface area contributed by atoms with E-state index in [1.165, 1.54) is 0 Å². The van der Waals surface area contributed by atoms with Gasteiger partial charge in [0.1, 0.15) is 22.8 Å². The number of hydrogen-bond acceptors (Lipinski definition) is 6. The Morgan fingerprint density at radius 2 is 1.97 bits per heavy atom. The first-order chi connectivity index (χ1) is 13.7. The van der Waals surface area contributed by atoms with Crippen molar-refractivity contribution in [3.63, 3.8) is 0 Å². The van der Waals surface area contributed by atoms with Crippen molar-refractivity contribution in [2.75, 3.05) is 6.61 Å². The standard InChI is InChI=1S/C22H20O7/c1-22(2)10-15(23)13-7-8-17-20(21(13)29-22)14(9-19(26)28-17)12-5-3-4-6-16(12)27-11-18(24)25/h3-8,14H,9-11H2,1-2H3,(H,24,25)/t14-/m1/s1. The van der Waals surface area contributed by atoms with Gasteiger partial charge in [-0.2, -0.15) is 0 Å². The van der Waals surface area contributed by atoms with Crippen LogP contribution in [-0.4, -0.2) is 35.0 Å². The Morgan fingerprint density at radius 3 is 2.72 bits per heavy atom. The van der Waals surface area contributed by atoms with E-state index < -0.39 is 30.1 Å². The Balaban J connectivity index is 1.87. The summed E-state index contributed by atoms with van der Waals surface area (Å²) in [6.45, 7) is 3.16. The van der Waals surface area contributed by atoms with Gasteiger partial charge >= 0.3 is 11.9 Å². The summed E-state index contributed by atoms with van der Waals surface area (Å²) < 4.78 is 17.0. The second-order valence-corrected chi connectivity index (χ2v) is 7.77. The van der Waals surface area contributed by atoms with Crippen molar-refractivity contribution in [1.29, 1.82) is 0 Å². The number of hydrogen-bond donors (Lipinski definition) is 1. The monoisotopic (exact) mass is 396 g/mol. The molecule has 150 valence electrons. The quantitative estimate of drug-likeness (QED) is 0.625. The Hall–Kier alpha value is -3.35. The Morgan fingerprint density at radius 1 is 1.21 bits per heavy atom. The van der Waals surface area contributed by atoms with Crippen LogP contribution in [0.15, 0.2) is 36.4 Å². The third-order valence-corrected chi connectivity index (χ3v) is 5.01. The van der Waals surface area contributed by atoms with Gasteiger partial charge in [-0.1, -0.05) is 18.2 Å².